The maximum Gasteiger partial charge on any atom is 0.429 e. The van der Waals surface area contributed by atoms with Gasteiger partial charge < -0.3 is 14.0 Å². The highest BCUT2D eigenvalue weighted by Crippen LogP contribution is 2.47. The first-order chi connectivity index (χ1) is 22.7. The summed E-state index contributed by atoms with van der Waals surface area (Å²) in [4.78, 5) is 57.3. The predicted octanol–water partition coefficient (Wildman–Crippen LogP) is 6.96. The number of imide groups is 1. The molecule has 3 aromatic carbocycles. The van der Waals surface area contributed by atoms with Gasteiger partial charge in [-0.05, 0) is 72.4 Å². The van der Waals surface area contributed by atoms with Gasteiger partial charge in [0.15, 0.2) is 0 Å². The third kappa shape index (κ3) is 4.47. The van der Waals surface area contributed by atoms with Crippen molar-refractivity contribution < 1.29 is 28.7 Å². The number of aromatic nitrogens is 2. The molecule has 0 radical (unpaired) electrons. The Hall–Kier alpha value is -5.06. The summed E-state index contributed by atoms with van der Waals surface area (Å²) < 4.78 is 16.1. The van der Waals surface area contributed by atoms with Crippen molar-refractivity contribution in [1.82, 2.24) is 19.5 Å². The van der Waals surface area contributed by atoms with E-state index in [1.807, 2.05) is 93.6 Å². The van der Waals surface area contributed by atoms with Crippen LogP contribution in [0.5, 0.6) is 0 Å². The Balaban J connectivity index is 1.54. The predicted molar refractivity (Wildman–Crippen MR) is 183 cm³/mol. The Labute approximate surface area is 277 Å². The monoisotopic (exact) mass is 649 g/mol. The highest BCUT2D eigenvalue weighted by molar-refractivity contribution is 6.39. The molecule has 2 aromatic heterocycles. The number of hydrogen-bond acceptors (Lipinski definition) is 6. The molecule has 3 aliphatic heterocycles. The van der Waals surface area contributed by atoms with Gasteiger partial charge in [-0.1, -0.05) is 36.4 Å². The van der Waals surface area contributed by atoms with Gasteiger partial charge in [0.05, 0.1) is 45.8 Å². The van der Waals surface area contributed by atoms with Crippen LogP contribution in [-0.4, -0.2) is 61.9 Å². The van der Waals surface area contributed by atoms with E-state index in [0.29, 0.717) is 59.9 Å². The van der Waals surface area contributed by atoms with Crippen LogP contribution in [-0.2, 0) is 22.6 Å². The summed E-state index contributed by atoms with van der Waals surface area (Å²) in [6.07, 6.45) is 1.13. The molecule has 8 rings (SSSR count). The smallest absolute Gasteiger partial charge is 0.429 e. The second-order valence-corrected chi connectivity index (χ2v) is 15.1. The topological polar surface area (TPSA) is 115 Å². The quantitative estimate of drug-likeness (QED) is 0.181. The second-order valence-electron chi connectivity index (χ2n) is 15.1. The lowest BCUT2D eigenvalue weighted by Gasteiger charge is -2.33. The highest BCUT2D eigenvalue weighted by atomic mass is 16.6. The van der Waals surface area contributed by atoms with E-state index in [4.69, 9.17) is 9.47 Å². The molecule has 1 atom stereocenters. The van der Waals surface area contributed by atoms with Crippen LogP contribution in [0.2, 0.25) is 0 Å². The molecule has 0 spiro atoms. The average Bonchev–Trinajstić information content (AvgIpc) is 3.54. The zero-order chi connectivity index (χ0) is 33.9. The number of nitrogens with one attached hydrogen (secondary N) is 1. The molecule has 0 fully saturated rings. The van der Waals surface area contributed by atoms with Crippen molar-refractivity contribution in [3.8, 4) is 0 Å². The fraction of sp³-hybridized carbons (Fsp3) is 0.405. The first kappa shape index (κ1) is 30.3. The molecule has 0 aliphatic carbocycles. The van der Waals surface area contributed by atoms with Gasteiger partial charge in [-0.25, -0.2) is 19.3 Å². The average molecular weight is 650 g/mol. The van der Waals surface area contributed by atoms with E-state index >= 15 is 0 Å². The van der Waals surface area contributed by atoms with Crippen LogP contribution in [0.4, 0.5) is 9.59 Å². The molecule has 0 unspecified atom stereocenters. The number of nitrogens with zero attached hydrogens (tertiary/aromatic N) is 4. The van der Waals surface area contributed by atoms with E-state index in [1.54, 1.807) is 5.01 Å². The number of benzene rings is 3. The summed E-state index contributed by atoms with van der Waals surface area (Å²) in [5.74, 6) is -0.906. The molecule has 3 aliphatic rings. The van der Waals surface area contributed by atoms with Gasteiger partial charge in [0.1, 0.15) is 11.2 Å². The third-order valence-electron chi connectivity index (χ3n) is 9.48. The zero-order valence-electron chi connectivity index (χ0n) is 28.1. The molecule has 2 bridgehead atoms. The standard InChI is InChI=1S/C37H39N5O6/c1-36(2,3)47-34(45)39-18-20-12-11-15-23-26-28-27(32(43)38-33(28)44)25-22-14-7-8-16-24(22)42-31(25)30(26)40(29(20)23)19-21(39)13-9-10-17-41(42)35(46)48-37(4,5)6/h7-8,11-12,14-16,21H,9-10,13,17-19H2,1-6H3,(H,38,43,44)/t21-/m0/s1. The normalized spacial score (nSPS) is 18.2. The Morgan fingerprint density at radius 3 is 2.12 bits per heavy atom. The summed E-state index contributed by atoms with van der Waals surface area (Å²) in [5.41, 5.74) is 3.13. The van der Waals surface area contributed by atoms with Crippen molar-refractivity contribution in [1.29, 1.82) is 0 Å². The van der Waals surface area contributed by atoms with E-state index < -0.39 is 29.1 Å². The summed E-state index contributed by atoms with van der Waals surface area (Å²) in [7, 11) is 0. The van der Waals surface area contributed by atoms with E-state index in [9.17, 15) is 19.2 Å². The molecule has 0 saturated carbocycles. The van der Waals surface area contributed by atoms with Gasteiger partial charge in [0.25, 0.3) is 11.8 Å². The largest absolute Gasteiger partial charge is 0.444 e. The lowest BCUT2D eigenvalue weighted by atomic mass is 9.96. The molecule has 1 N–H and O–H groups in total. The van der Waals surface area contributed by atoms with E-state index in [0.717, 1.165) is 39.3 Å². The fourth-order valence-electron chi connectivity index (χ4n) is 7.81. The van der Waals surface area contributed by atoms with Crippen LogP contribution < -0.4 is 10.3 Å². The van der Waals surface area contributed by atoms with Gasteiger partial charge in [0.2, 0.25) is 0 Å². The molecule has 11 heteroatoms. The van der Waals surface area contributed by atoms with Crippen molar-refractivity contribution in [2.75, 3.05) is 11.6 Å². The van der Waals surface area contributed by atoms with Crippen LogP contribution >= 0.6 is 0 Å². The van der Waals surface area contributed by atoms with Crippen LogP contribution in [0.1, 0.15) is 87.1 Å². The van der Waals surface area contributed by atoms with Crippen LogP contribution in [0.15, 0.2) is 42.5 Å². The van der Waals surface area contributed by atoms with Gasteiger partial charge in [0, 0.05) is 34.6 Å². The van der Waals surface area contributed by atoms with E-state index in [-0.39, 0.29) is 12.1 Å². The molecular formula is C37H39N5O6. The summed E-state index contributed by atoms with van der Waals surface area (Å²) in [6.45, 7) is 12.2. The maximum absolute atomic E-state index is 14.2. The van der Waals surface area contributed by atoms with Gasteiger partial charge >= 0.3 is 12.2 Å². The minimum absolute atomic E-state index is 0.240. The SMILES string of the molecule is CC(C)(C)OC(=O)N1Cc2cccc3c4c5c(c6c7ccccc7n7c6c4n(c23)C[C@@H]1CCCCN7C(=O)OC(C)(C)C)C(=O)NC5=O. The van der Waals surface area contributed by atoms with Crippen molar-refractivity contribution >= 4 is 67.6 Å². The van der Waals surface area contributed by atoms with E-state index in [2.05, 4.69) is 9.88 Å². The van der Waals surface area contributed by atoms with Crippen molar-refractivity contribution in [3.63, 3.8) is 0 Å². The number of carbonyl (C=O) groups is 4. The summed E-state index contributed by atoms with van der Waals surface area (Å²) in [6, 6.07) is 13.3. The number of para-hydroxylation sites is 2. The number of ether oxygens (including phenoxy) is 2. The fourth-order valence-corrected chi connectivity index (χ4v) is 7.81. The molecule has 248 valence electrons. The molecular weight excluding hydrogens is 610 g/mol. The van der Waals surface area contributed by atoms with Gasteiger partial charge in [-0.15, -0.1) is 0 Å². The molecule has 5 aromatic rings. The number of carbonyl (C=O) groups excluding carboxylic acids is 4. The number of hydrogen-bond donors (Lipinski definition) is 1. The van der Waals surface area contributed by atoms with Crippen molar-refractivity contribution in [3.05, 3.63) is 59.2 Å². The number of rotatable bonds is 0. The van der Waals surface area contributed by atoms with Crippen LogP contribution in [0, 0.1) is 0 Å². The Morgan fingerprint density at radius 2 is 1.42 bits per heavy atom. The molecule has 0 saturated heterocycles. The first-order valence-corrected chi connectivity index (χ1v) is 16.6. The molecule has 4 amide bonds. The number of fused-ring (bicyclic) bond motifs is 8. The molecule has 11 nitrogen and oxygen atoms in total. The first-order valence-electron chi connectivity index (χ1n) is 16.6. The van der Waals surface area contributed by atoms with Crippen molar-refractivity contribution in [2.45, 2.75) is 91.1 Å². The van der Waals surface area contributed by atoms with E-state index in [1.165, 1.54) is 0 Å². The second kappa shape index (κ2) is 10.2. The van der Waals surface area contributed by atoms with Gasteiger partial charge in [-0.2, -0.15) is 0 Å². The minimum atomic E-state index is -0.755. The minimum Gasteiger partial charge on any atom is -0.444 e. The lowest BCUT2D eigenvalue weighted by molar-refractivity contribution is 0.0119. The highest BCUT2D eigenvalue weighted by Gasteiger charge is 2.41. The number of amides is 4. The Morgan fingerprint density at radius 1 is 0.771 bits per heavy atom. The molecule has 48 heavy (non-hydrogen) atoms. The van der Waals surface area contributed by atoms with Gasteiger partial charge in [-0.3, -0.25) is 19.8 Å². The summed E-state index contributed by atoms with van der Waals surface area (Å²) in [5, 5.41) is 7.04. The summed E-state index contributed by atoms with van der Waals surface area (Å²) >= 11 is 0. The maximum atomic E-state index is 14.2. The Bertz CT molecular complexity index is 2250. The lowest BCUT2D eigenvalue weighted by Crippen LogP contribution is -2.44. The Kier molecular flexibility index (Phi) is 6.45. The molecule has 5 heterocycles. The van der Waals surface area contributed by atoms with Crippen LogP contribution in [0.3, 0.4) is 0 Å². The van der Waals surface area contributed by atoms with Crippen LogP contribution in [0.25, 0.3) is 43.6 Å². The zero-order valence-corrected chi connectivity index (χ0v) is 28.1. The van der Waals surface area contributed by atoms with Crippen molar-refractivity contribution in [2.24, 2.45) is 0 Å². The third-order valence-corrected chi connectivity index (χ3v) is 9.48.